The van der Waals surface area contributed by atoms with E-state index in [0.717, 1.165) is 17.7 Å². The van der Waals surface area contributed by atoms with Gasteiger partial charge in [-0.1, -0.05) is 6.07 Å². The fraction of sp³-hybridized carbons (Fsp3) is 0.364. The van der Waals surface area contributed by atoms with E-state index in [-0.39, 0.29) is 17.2 Å². The number of anilines is 1. The zero-order valence-electron chi connectivity index (χ0n) is 17.8. The van der Waals surface area contributed by atoms with Crippen LogP contribution in [0.1, 0.15) is 31.6 Å². The van der Waals surface area contributed by atoms with Crippen LogP contribution in [0.4, 0.5) is 5.82 Å². The molecule has 3 aromatic rings. The molecule has 0 aliphatic carbocycles. The van der Waals surface area contributed by atoms with Crippen molar-refractivity contribution in [3.63, 3.8) is 0 Å². The number of hydrogen-bond donors (Lipinski definition) is 4. The van der Waals surface area contributed by atoms with Crippen molar-refractivity contribution in [1.82, 2.24) is 14.9 Å². The summed E-state index contributed by atoms with van der Waals surface area (Å²) < 4.78 is 7.12. The Hall–Kier alpha value is -3.20. The molecular weight excluding hydrogens is 412 g/mol. The monoisotopic (exact) mass is 440 g/mol. The second kappa shape index (κ2) is 10.7. The summed E-state index contributed by atoms with van der Waals surface area (Å²) in [5.41, 5.74) is 1.50. The van der Waals surface area contributed by atoms with Crippen molar-refractivity contribution < 1.29 is 9.53 Å². The summed E-state index contributed by atoms with van der Waals surface area (Å²) >= 11 is 1.58. The summed E-state index contributed by atoms with van der Waals surface area (Å²) in [4.78, 5) is 17.6. The summed E-state index contributed by atoms with van der Waals surface area (Å²) in [6.07, 6.45) is 2.06. The van der Waals surface area contributed by atoms with Crippen molar-refractivity contribution >= 4 is 39.9 Å². The number of carbonyl (C=O) groups is 1. The second-order valence-corrected chi connectivity index (χ2v) is 8.09. The molecule has 8 nitrogen and oxygen atoms in total. The van der Waals surface area contributed by atoms with Gasteiger partial charge in [-0.25, -0.2) is 4.98 Å². The van der Waals surface area contributed by atoms with Crippen LogP contribution < -0.4 is 20.9 Å². The summed E-state index contributed by atoms with van der Waals surface area (Å²) in [5, 5.41) is 24.7. The van der Waals surface area contributed by atoms with E-state index in [1.54, 1.807) is 22.8 Å². The molecule has 164 valence electrons. The average Bonchev–Trinajstić information content (AvgIpc) is 3.23. The minimum Gasteiger partial charge on any atom is -0.494 e. The third kappa shape index (κ3) is 5.91. The van der Waals surface area contributed by atoms with Gasteiger partial charge in [0.15, 0.2) is 11.3 Å². The zero-order valence-corrected chi connectivity index (χ0v) is 18.6. The first-order valence-electron chi connectivity index (χ1n) is 10.3. The molecule has 2 aromatic heterocycles. The van der Waals surface area contributed by atoms with Crippen molar-refractivity contribution in [2.75, 3.05) is 25.0 Å². The van der Waals surface area contributed by atoms with Gasteiger partial charge in [-0.2, -0.15) is 0 Å². The lowest BCUT2D eigenvalue weighted by Crippen LogP contribution is -2.29. The number of amides is 1. The van der Waals surface area contributed by atoms with Gasteiger partial charge in [0, 0.05) is 24.0 Å². The maximum Gasteiger partial charge on any atom is 0.225 e. The molecule has 0 atom stereocenters. The van der Waals surface area contributed by atoms with Crippen LogP contribution in [0.2, 0.25) is 0 Å². The Morgan fingerprint density at radius 2 is 2.06 bits per heavy atom. The number of hydrogen-bond acceptors (Lipinski definition) is 7. The van der Waals surface area contributed by atoms with Crippen LogP contribution in [-0.4, -0.2) is 41.0 Å². The van der Waals surface area contributed by atoms with Crippen LogP contribution in [0, 0.1) is 10.8 Å². The molecule has 3 rings (SSSR count). The molecule has 31 heavy (non-hydrogen) atoms. The van der Waals surface area contributed by atoms with E-state index in [2.05, 4.69) is 15.6 Å². The standard InChI is InChI=1S/C22H28N6O2S/c1-3-30-16-8-9-19-18(13-16)27-22(21(24)28(19)15(2)23)26-11-5-4-10-25-20(29)14-17-7-6-12-31-17/h6-9,12-13,23-24H,3-5,10-11,14H2,1-2H3,(H,25,29)(H,26,27). The molecule has 0 aliphatic heterocycles. The number of nitrogens with zero attached hydrogens (tertiary/aromatic N) is 2. The maximum atomic E-state index is 11.9. The lowest BCUT2D eigenvalue weighted by Gasteiger charge is -2.14. The molecule has 9 heteroatoms. The number of nitrogens with one attached hydrogen (secondary N) is 4. The van der Waals surface area contributed by atoms with Gasteiger partial charge in [-0.05, 0) is 50.3 Å². The summed E-state index contributed by atoms with van der Waals surface area (Å²) in [6.45, 7) is 5.36. The summed E-state index contributed by atoms with van der Waals surface area (Å²) in [7, 11) is 0. The van der Waals surface area contributed by atoms with E-state index in [4.69, 9.17) is 15.6 Å². The molecule has 0 unspecified atom stereocenters. The van der Waals surface area contributed by atoms with E-state index >= 15 is 0 Å². The summed E-state index contributed by atoms with van der Waals surface area (Å²) in [5.74, 6) is 1.42. The Labute approximate surface area is 185 Å². The second-order valence-electron chi connectivity index (χ2n) is 7.05. The van der Waals surface area contributed by atoms with Gasteiger partial charge in [-0.3, -0.25) is 20.2 Å². The van der Waals surface area contributed by atoms with E-state index in [0.29, 0.717) is 48.7 Å². The number of ether oxygens (including phenoxy) is 1. The van der Waals surface area contributed by atoms with Gasteiger partial charge in [-0.15, -0.1) is 11.3 Å². The predicted molar refractivity (Wildman–Crippen MR) is 124 cm³/mol. The molecule has 0 spiro atoms. The van der Waals surface area contributed by atoms with Gasteiger partial charge in [0.25, 0.3) is 0 Å². The fourth-order valence-corrected chi connectivity index (χ4v) is 3.93. The first-order valence-corrected chi connectivity index (χ1v) is 11.2. The minimum absolute atomic E-state index is 0.0349. The van der Waals surface area contributed by atoms with Gasteiger partial charge in [0.1, 0.15) is 11.6 Å². The Kier molecular flexibility index (Phi) is 7.77. The number of aromatic nitrogens is 2. The smallest absolute Gasteiger partial charge is 0.225 e. The van der Waals surface area contributed by atoms with E-state index in [1.807, 2.05) is 42.6 Å². The lowest BCUT2D eigenvalue weighted by atomic mass is 10.2. The zero-order chi connectivity index (χ0) is 22.2. The van der Waals surface area contributed by atoms with Crippen LogP contribution >= 0.6 is 11.3 Å². The number of carbonyl (C=O) groups excluding carboxylic acids is 1. The lowest BCUT2D eigenvalue weighted by molar-refractivity contribution is -0.120. The molecule has 0 aliphatic rings. The average molecular weight is 441 g/mol. The number of rotatable bonds is 10. The van der Waals surface area contributed by atoms with E-state index < -0.39 is 0 Å². The third-order valence-corrected chi connectivity index (χ3v) is 5.52. The van der Waals surface area contributed by atoms with Crippen molar-refractivity contribution in [2.24, 2.45) is 0 Å². The number of thiophene rings is 1. The topological polar surface area (TPSA) is 116 Å². The first-order chi connectivity index (χ1) is 15.0. The fourth-order valence-electron chi connectivity index (χ4n) is 3.23. The van der Waals surface area contributed by atoms with Gasteiger partial charge < -0.3 is 15.4 Å². The Bertz CT molecular complexity index is 1110. The molecular formula is C22H28N6O2S. The van der Waals surface area contributed by atoms with Crippen LogP contribution in [0.25, 0.3) is 11.0 Å². The van der Waals surface area contributed by atoms with Crippen LogP contribution in [0.15, 0.2) is 35.7 Å². The first kappa shape index (κ1) is 22.5. The molecule has 0 radical (unpaired) electrons. The third-order valence-electron chi connectivity index (χ3n) is 4.65. The summed E-state index contributed by atoms with van der Waals surface area (Å²) in [6, 6.07) is 9.38. The number of fused-ring (bicyclic) bond motifs is 1. The normalized spacial score (nSPS) is 10.8. The minimum atomic E-state index is 0.0349. The Morgan fingerprint density at radius 1 is 1.26 bits per heavy atom. The number of benzene rings is 1. The Morgan fingerprint density at radius 3 is 2.77 bits per heavy atom. The molecule has 1 amide bonds. The van der Waals surface area contributed by atoms with Crippen LogP contribution in [0.5, 0.6) is 5.75 Å². The predicted octanol–water partition coefficient (Wildman–Crippen LogP) is 3.37. The number of unbranched alkanes of at least 4 members (excludes halogenated alkanes) is 1. The molecule has 2 heterocycles. The molecule has 4 N–H and O–H groups in total. The van der Waals surface area contributed by atoms with E-state index in [1.165, 1.54) is 0 Å². The van der Waals surface area contributed by atoms with Crippen LogP contribution in [0.3, 0.4) is 0 Å². The highest BCUT2D eigenvalue weighted by molar-refractivity contribution is 7.10. The molecule has 0 saturated carbocycles. The maximum absolute atomic E-state index is 11.9. The van der Waals surface area contributed by atoms with E-state index in [9.17, 15) is 4.79 Å². The molecule has 0 saturated heterocycles. The molecule has 0 bridgehead atoms. The highest BCUT2D eigenvalue weighted by atomic mass is 32.1. The largest absolute Gasteiger partial charge is 0.494 e. The van der Waals surface area contributed by atoms with Crippen molar-refractivity contribution in [1.29, 1.82) is 10.8 Å². The highest BCUT2D eigenvalue weighted by Crippen LogP contribution is 2.19. The molecule has 1 aromatic carbocycles. The molecule has 0 fully saturated rings. The van der Waals surface area contributed by atoms with Crippen LogP contribution in [-0.2, 0) is 11.2 Å². The van der Waals surface area contributed by atoms with Crippen molar-refractivity contribution in [3.8, 4) is 5.75 Å². The van der Waals surface area contributed by atoms with Crippen molar-refractivity contribution in [2.45, 2.75) is 33.1 Å². The van der Waals surface area contributed by atoms with Gasteiger partial charge in [0.2, 0.25) is 5.91 Å². The SMILES string of the molecule is CCOc1ccc2c(c1)nc(NCCCCNC(=O)Cc1cccs1)c(=N)n2C(C)=N. The Balaban J connectivity index is 1.58. The highest BCUT2D eigenvalue weighted by Gasteiger charge is 2.11. The van der Waals surface area contributed by atoms with Gasteiger partial charge in [0.05, 0.1) is 24.1 Å². The quantitative estimate of drug-likeness (QED) is 0.220. The van der Waals surface area contributed by atoms with Crippen molar-refractivity contribution in [3.05, 3.63) is 46.1 Å². The van der Waals surface area contributed by atoms with Gasteiger partial charge >= 0.3 is 0 Å².